The lowest BCUT2D eigenvalue weighted by Crippen LogP contribution is -1.93. The molecule has 0 unspecified atom stereocenters. The maximum absolute atomic E-state index is 10.7. The highest BCUT2D eigenvalue weighted by molar-refractivity contribution is 5.75. The molecule has 1 heterocycles. The molecule has 0 saturated heterocycles. The predicted molar refractivity (Wildman–Crippen MR) is 59.3 cm³/mol. The Morgan fingerprint density at radius 1 is 0.941 bits per heavy atom. The Balaban J connectivity index is 0.000000366. The second-order valence-corrected chi connectivity index (χ2v) is 2.50. The highest BCUT2D eigenvalue weighted by Crippen LogP contribution is 2.08. The summed E-state index contributed by atoms with van der Waals surface area (Å²) in [6, 6.07) is 10.6. The summed E-state index contributed by atoms with van der Waals surface area (Å²) >= 11 is 0. The standard InChI is InChI=1S/C9H6O2.2CHNO/c10-9-6-5-7-3-1-2-4-8(7)11-9;2*2-1-3/h1-6H;2*2H. The van der Waals surface area contributed by atoms with Crippen LogP contribution in [0.3, 0.4) is 0 Å². The van der Waals surface area contributed by atoms with Gasteiger partial charge in [0.05, 0.1) is 0 Å². The molecule has 2 N–H and O–H groups in total. The van der Waals surface area contributed by atoms with Crippen LogP contribution in [0, 0.1) is 10.8 Å². The quantitative estimate of drug-likeness (QED) is 0.408. The van der Waals surface area contributed by atoms with Crippen molar-refractivity contribution in [3.05, 3.63) is 46.8 Å². The van der Waals surface area contributed by atoms with E-state index >= 15 is 0 Å². The molecule has 17 heavy (non-hydrogen) atoms. The van der Waals surface area contributed by atoms with Gasteiger partial charge >= 0.3 is 5.63 Å². The van der Waals surface area contributed by atoms with Gasteiger partial charge in [-0.25, -0.2) is 25.2 Å². The van der Waals surface area contributed by atoms with Gasteiger partial charge in [0.1, 0.15) is 5.58 Å². The monoisotopic (exact) mass is 232 g/mol. The van der Waals surface area contributed by atoms with E-state index in [1.54, 1.807) is 12.1 Å². The predicted octanol–water partition coefficient (Wildman–Crippen LogP) is 1.59. The number of benzene rings is 1. The first kappa shape index (κ1) is 14.2. The Morgan fingerprint density at radius 3 is 2.06 bits per heavy atom. The Morgan fingerprint density at radius 2 is 1.47 bits per heavy atom. The first-order chi connectivity index (χ1) is 8.19. The molecule has 0 aliphatic heterocycles. The second-order valence-electron chi connectivity index (χ2n) is 2.50. The van der Waals surface area contributed by atoms with Crippen molar-refractivity contribution in [2.24, 2.45) is 0 Å². The molecular formula is C11H8N2O4. The molecule has 0 bridgehead atoms. The zero-order chi connectivity index (χ0) is 13.1. The van der Waals surface area contributed by atoms with Crippen molar-refractivity contribution >= 4 is 23.1 Å². The summed E-state index contributed by atoms with van der Waals surface area (Å²) in [5.41, 5.74) is 0.337. The molecule has 6 nitrogen and oxygen atoms in total. The lowest BCUT2D eigenvalue weighted by atomic mass is 10.2. The van der Waals surface area contributed by atoms with Gasteiger partial charge in [0, 0.05) is 11.5 Å². The molecule has 2 aromatic rings. The van der Waals surface area contributed by atoms with Gasteiger partial charge in [-0.1, -0.05) is 18.2 Å². The number of rotatable bonds is 0. The van der Waals surface area contributed by atoms with E-state index in [-0.39, 0.29) is 5.63 Å². The van der Waals surface area contributed by atoms with E-state index in [4.69, 9.17) is 24.8 Å². The summed E-state index contributed by atoms with van der Waals surface area (Å²) < 4.78 is 4.91. The third-order valence-corrected chi connectivity index (χ3v) is 1.53. The zero-order valence-electron chi connectivity index (χ0n) is 8.60. The molecule has 2 rings (SSSR count). The van der Waals surface area contributed by atoms with Crippen LogP contribution in [0.5, 0.6) is 0 Å². The Kier molecular flexibility index (Phi) is 7.09. The molecule has 0 saturated carbocycles. The summed E-state index contributed by atoms with van der Waals surface area (Å²) in [6.45, 7) is 0. The summed E-state index contributed by atoms with van der Waals surface area (Å²) in [4.78, 5) is 27.4. The van der Waals surface area contributed by atoms with Crippen LogP contribution in [0.4, 0.5) is 0 Å². The Hall–Kier alpha value is -2.81. The van der Waals surface area contributed by atoms with E-state index in [1.807, 2.05) is 18.2 Å². The van der Waals surface area contributed by atoms with Gasteiger partial charge in [-0.3, -0.25) is 0 Å². The average molecular weight is 232 g/mol. The molecule has 1 aromatic carbocycles. The first-order valence-electron chi connectivity index (χ1n) is 4.26. The van der Waals surface area contributed by atoms with Crippen LogP contribution < -0.4 is 5.63 Å². The van der Waals surface area contributed by atoms with Crippen molar-refractivity contribution in [3.63, 3.8) is 0 Å². The molecular weight excluding hydrogens is 224 g/mol. The largest absolute Gasteiger partial charge is 0.423 e. The van der Waals surface area contributed by atoms with Crippen LogP contribution >= 0.6 is 0 Å². The number of hydrogen-bond donors (Lipinski definition) is 2. The maximum Gasteiger partial charge on any atom is 0.336 e. The van der Waals surface area contributed by atoms with Crippen molar-refractivity contribution in [2.45, 2.75) is 0 Å². The van der Waals surface area contributed by atoms with E-state index in [0.29, 0.717) is 5.58 Å². The average Bonchev–Trinajstić information content (AvgIpc) is 2.31. The SMILES string of the molecule is N=C=O.N=C=O.O=c1ccc2ccccc2o1. The zero-order valence-corrected chi connectivity index (χ0v) is 8.60. The minimum atomic E-state index is -0.302. The van der Waals surface area contributed by atoms with E-state index in [1.165, 1.54) is 6.07 Å². The molecule has 0 fully saturated rings. The minimum absolute atomic E-state index is 0.302. The second kappa shape index (κ2) is 8.49. The van der Waals surface area contributed by atoms with Gasteiger partial charge < -0.3 is 4.42 Å². The fraction of sp³-hybridized carbons (Fsp3) is 0. The lowest BCUT2D eigenvalue weighted by molar-refractivity contribution is 0.561. The number of nitrogens with one attached hydrogen (secondary N) is 2. The summed E-state index contributed by atoms with van der Waals surface area (Å²) in [5, 5.41) is 11.8. The van der Waals surface area contributed by atoms with E-state index in [2.05, 4.69) is 0 Å². The minimum Gasteiger partial charge on any atom is -0.423 e. The topological polar surface area (TPSA) is 112 Å². The number of carbonyl (C=O) groups excluding carboxylic acids is 2. The lowest BCUT2D eigenvalue weighted by Gasteiger charge is -1.91. The third kappa shape index (κ3) is 5.59. The normalized spacial score (nSPS) is 7.53. The molecule has 0 aliphatic rings. The molecule has 0 aliphatic carbocycles. The van der Waals surface area contributed by atoms with Gasteiger partial charge in [0.25, 0.3) is 0 Å². The number of hydrogen-bond acceptors (Lipinski definition) is 6. The molecule has 0 spiro atoms. The highest BCUT2D eigenvalue weighted by atomic mass is 16.4. The van der Waals surface area contributed by atoms with Crippen LogP contribution in [0.1, 0.15) is 0 Å². The van der Waals surface area contributed by atoms with Crippen LogP contribution in [0.15, 0.2) is 45.6 Å². The highest BCUT2D eigenvalue weighted by Gasteiger charge is 1.92. The number of fused-ring (bicyclic) bond motifs is 1. The van der Waals surface area contributed by atoms with Crippen LogP contribution in [-0.4, -0.2) is 12.2 Å². The Bertz CT molecular complexity index is 579. The first-order valence-corrected chi connectivity index (χ1v) is 4.26. The molecule has 1 aromatic heterocycles. The fourth-order valence-electron chi connectivity index (χ4n) is 1.01. The maximum atomic E-state index is 10.7. The summed E-state index contributed by atoms with van der Waals surface area (Å²) in [6.07, 6.45) is 1.50. The van der Waals surface area contributed by atoms with Crippen LogP contribution in [-0.2, 0) is 9.59 Å². The van der Waals surface area contributed by atoms with Crippen molar-refractivity contribution in [1.29, 1.82) is 10.8 Å². The fourth-order valence-corrected chi connectivity index (χ4v) is 1.01. The summed E-state index contributed by atoms with van der Waals surface area (Å²) in [7, 11) is 0. The van der Waals surface area contributed by atoms with Crippen molar-refractivity contribution in [2.75, 3.05) is 0 Å². The van der Waals surface area contributed by atoms with E-state index in [0.717, 1.165) is 17.5 Å². The number of isocyanates is 2. The van der Waals surface area contributed by atoms with Gasteiger partial charge in [-0.15, -0.1) is 0 Å². The van der Waals surface area contributed by atoms with Crippen LogP contribution in [0.25, 0.3) is 11.0 Å². The van der Waals surface area contributed by atoms with Crippen LogP contribution in [0.2, 0.25) is 0 Å². The third-order valence-electron chi connectivity index (χ3n) is 1.53. The van der Waals surface area contributed by atoms with Gasteiger partial charge in [0.15, 0.2) is 0 Å². The van der Waals surface area contributed by atoms with Crippen molar-refractivity contribution in [3.8, 4) is 0 Å². The molecule has 0 amide bonds. The molecule has 6 heteroatoms. The molecule has 0 radical (unpaired) electrons. The van der Waals surface area contributed by atoms with Gasteiger partial charge in [-0.2, -0.15) is 0 Å². The molecule has 0 atom stereocenters. The van der Waals surface area contributed by atoms with Crippen molar-refractivity contribution in [1.82, 2.24) is 0 Å². The van der Waals surface area contributed by atoms with E-state index in [9.17, 15) is 4.79 Å². The van der Waals surface area contributed by atoms with Gasteiger partial charge in [-0.05, 0) is 12.1 Å². The molecule has 86 valence electrons. The Labute approximate surface area is 95.5 Å². The summed E-state index contributed by atoms with van der Waals surface area (Å²) in [5.74, 6) is 0. The van der Waals surface area contributed by atoms with Crippen molar-refractivity contribution < 1.29 is 14.0 Å². The number of para-hydroxylation sites is 1. The smallest absolute Gasteiger partial charge is 0.336 e. The van der Waals surface area contributed by atoms with E-state index < -0.39 is 0 Å². The van der Waals surface area contributed by atoms with Gasteiger partial charge in [0.2, 0.25) is 12.2 Å².